The first-order chi connectivity index (χ1) is 12.2. The molecule has 1 aromatic carbocycles. The number of nitrogens with zero attached hydrogens (tertiary/aromatic N) is 5. The van der Waals surface area contributed by atoms with Gasteiger partial charge in [0.2, 0.25) is 5.91 Å². The number of aliphatic hydroxyl groups excluding tert-OH is 1. The Bertz CT molecular complexity index is 846. The predicted molar refractivity (Wildman–Crippen MR) is 96.3 cm³/mol. The summed E-state index contributed by atoms with van der Waals surface area (Å²) < 4.78 is 10.2. The molecule has 0 aliphatic heterocycles. The number of rotatable bonds is 8. The van der Waals surface area contributed by atoms with Crippen LogP contribution in [0.1, 0.15) is 12.5 Å². The Kier molecular flexibility index (Phi) is 5.69. The minimum absolute atomic E-state index is 0.0131. The zero-order chi connectivity index (χ0) is 17.6. The molecule has 9 heteroatoms. The molecule has 0 aliphatic rings. The number of amides is 1. The smallest absolute Gasteiger partial charge is 0.238 e. The van der Waals surface area contributed by atoms with Gasteiger partial charge in [0, 0.05) is 31.4 Å². The summed E-state index contributed by atoms with van der Waals surface area (Å²) in [5, 5.41) is 16.4. The average molecular weight is 360 g/mol. The summed E-state index contributed by atoms with van der Waals surface area (Å²) in [5.41, 5.74) is 3.12. The Labute approximate surface area is 149 Å². The second-order valence-corrected chi connectivity index (χ2v) is 6.15. The fraction of sp³-hybridized carbons (Fsp3) is 0.375. The third-order valence-electron chi connectivity index (χ3n) is 3.76. The van der Waals surface area contributed by atoms with Crippen LogP contribution in [0.3, 0.4) is 0 Å². The van der Waals surface area contributed by atoms with E-state index in [2.05, 4.69) is 19.2 Å². The number of nitrogens with one attached hydrogen (secondary N) is 1. The molecule has 0 unspecified atom stereocenters. The molecule has 1 amide bonds. The van der Waals surface area contributed by atoms with Gasteiger partial charge < -0.3 is 10.4 Å². The van der Waals surface area contributed by atoms with E-state index in [1.54, 1.807) is 6.20 Å². The van der Waals surface area contributed by atoms with Crippen LogP contribution < -0.4 is 5.32 Å². The highest BCUT2D eigenvalue weighted by molar-refractivity contribution is 7.00. The van der Waals surface area contributed by atoms with Crippen molar-refractivity contribution in [3.8, 4) is 0 Å². The summed E-state index contributed by atoms with van der Waals surface area (Å²) in [6, 6.07) is 5.51. The average Bonchev–Trinajstić information content (AvgIpc) is 3.24. The number of carbonyl (C=O) groups excluding carboxylic acids is 1. The summed E-state index contributed by atoms with van der Waals surface area (Å²) in [5.74, 6) is -0.156. The molecular formula is C16H20N6O2S. The van der Waals surface area contributed by atoms with E-state index >= 15 is 0 Å². The molecule has 0 radical (unpaired) electrons. The third kappa shape index (κ3) is 4.38. The first-order valence-electron chi connectivity index (χ1n) is 8.05. The molecular weight excluding hydrogens is 340 g/mol. The number of aromatic nitrogens is 4. The van der Waals surface area contributed by atoms with E-state index in [0.29, 0.717) is 24.3 Å². The quantitative estimate of drug-likeness (QED) is 0.629. The molecule has 0 fully saturated rings. The Morgan fingerprint density at radius 2 is 2.28 bits per heavy atom. The van der Waals surface area contributed by atoms with Gasteiger partial charge in [-0.2, -0.15) is 13.8 Å². The predicted octanol–water partition coefficient (Wildman–Crippen LogP) is 1.34. The van der Waals surface area contributed by atoms with Crippen LogP contribution in [0.5, 0.6) is 0 Å². The zero-order valence-electron chi connectivity index (χ0n) is 13.9. The number of hydrogen-bond donors (Lipinski definition) is 2. The number of carbonyl (C=O) groups is 1. The standard InChI is InChI=1S/C16H20N6O2S/c1-2-22-10-12(8-17-22)9-21(6-7-23)11-15(24)18-13-4-3-5-14-16(13)20-25-19-14/h3-5,8,10,23H,2,6-7,9,11H2,1H3,(H,18,24). The molecule has 2 N–H and O–H groups in total. The van der Waals surface area contributed by atoms with Gasteiger partial charge in [0.1, 0.15) is 11.0 Å². The summed E-state index contributed by atoms with van der Waals surface area (Å²) in [6.45, 7) is 3.94. The van der Waals surface area contributed by atoms with Crippen LogP contribution in [0.2, 0.25) is 0 Å². The summed E-state index contributed by atoms with van der Waals surface area (Å²) in [4.78, 5) is 14.3. The van der Waals surface area contributed by atoms with Crippen LogP contribution in [-0.2, 0) is 17.9 Å². The molecule has 0 atom stereocenters. The van der Waals surface area contributed by atoms with Crippen LogP contribution >= 0.6 is 11.7 Å². The van der Waals surface area contributed by atoms with Gasteiger partial charge in [-0.15, -0.1) is 0 Å². The molecule has 3 aromatic rings. The van der Waals surface area contributed by atoms with Crippen molar-refractivity contribution >= 4 is 34.4 Å². The molecule has 3 rings (SSSR count). The van der Waals surface area contributed by atoms with E-state index in [1.165, 1.54) is 0 Å². The Balaban J connectivity index is 1.65. The van der Waals surface area contributed by atoms with Crippen molar-refractivity contribution < 1.29 is 9.90 Å². The zero-order valence-corrected chi connectivity index (χ0v) is 14.7. The molecule has 132 valence electrons. The highest BCUT2D eigenvalue weighted by Gasteiger charge is 2.14. The minimum atomic E-state index is -0.156. The van der Waals surface area contributed by atoms with Crippen LogP contribution in [0.4, 0.5) is 5.69 Å². The maximum Gasteiger partial charge on any atom is 0.238 e. The monoisotopic (exact) mass is 360 g/mol. The lowest BCUT2D eigenvalue weighted by Crippen LogP contribution is -2.34. The second-order valence-electron chi connectivity index (χ2n) is 5.62. The van der Waals surface area contributed by atoms with E-state index in [0.717, 1.165) is 29.4 Å². The lowest BCUT2D eigenvalue weighted by atomic mass is 10.2. The van der Waals surface area contributed by atoms with E-state index in [9.17, 15) is 9.90 Å². The Hall–Kier alpha value is -2.36. The number of benzene rings is 1. The van der Waals surface area contributed by atoms with Crippen LogP contribution in [-0.4, -0.2) is 54.1 Å². The van der Waals surface area contributed by atoms with Crippen LogP contribution in [0.25, 0.3) is 11.0 Å². The summed E-state index contributed by atoms with van der Waals surface area (Å²) >= 11 is 1.12. The normalized spacial score (nSPS) is 11.3. The van der Waals surface area contributed by atoms with E-state index < -0.39 is 0 Å². The maximum absolute atomic E-state index is 12.4. The molecule has 0 bridgehead atoms. The molecule has 25 heavy (non-hydrogen) atoms. The number of aliphatic hydroxyl groups is 1. The largest absolute Gasteiger partial charge is 0.395 e. The summed E-state index contributed by atoms with van der Waals surface area (Å²) in [6.07, 6.45) is 3.73. The lowest BCUT2D eigenvalue weighted by molar-refractivity contribution is -0.117. The minimum Gasteiger partial charge on any atom is -0.395 e. The highest BCUT2D eigenvalue weighted by atomic mass is 32.1. The van der Waals surface area contributed by atoms with Gasteiger partial charge in [-0.3, -0.25) is 14.4 Å². The van der Waals surface area contributed by atoms with Gasteiger partial charge in [0.15, 0.2) is 0 Å². The van der Waals surface area contributed by atoms with Crippen LogP contribution in [0.15, 0.2) is 30.6 Å². The molecule has 2 aromatic heterocycles. The SMILES string of the molecule is CCn1cc(CN(CCO)CC(=O)Nc2cccc3nsnc23)cn1. The molecule has 8 nitrogen and oxygen atoms in total. The topological polar surface area (TPSA) is 96.2 Å². The lowest BCUT2D eigenvalue weighted by Gasteiger charge is -2.20. The van der Waals surface area contributed by atoms with E-state index in [1.807, 2.05) is 40.9 Å². The van der Waals surface area contributed by atoms with Gasteiger partial charge in [-0.25, -0.2) is 0 Å². The second kappa shape index (κ2) is 8.15. The first kappa shape index (κ1) is 17.5. The van der Waals surface area contributed by atoms with Gasteiger partial charge in [0.25, 0.3) is 0 Å². The van der Waals surface area contributed by atoms with Gasteiger partial charge in [-0.1, -0.05) is 6.07 Å². The maximum atomic E-state index is 12.4. The Morgan fingerprint density at radius 3 is 3.04 bits per heavy atom. The fourth-order valence-corrected chi connectivity index (χ4v) is 3.12. The van der Waals surface area contributed by atoms with Crippen molar-refractivity contribution in [2.75, 3.05) is 25.0 Å². The summed E-state index contributed by atoms with van der Waals surface area (Å²) in [7, 11) is 0. The highest BCUT2D eigenvalue weighted by Crippen LogP contribution is 2.21. The van der Waals surface area contributed by atoms with E-state index in [4.69, 9.17) is 0 Å². The van der Waals surface area contributed by atoms with E-state index in [-0.39, 0.29) is 19.1 Å². The van der Waals surface area contributed by atoms with Crippen molar-refractivity contribution in [3.05, 3.63) is 36.2 Å². The molecule has 0 aliphatic carbocycles. The van der Waals surface area contributed by atoms with Crippen molar-refractivity contribution in [2.45, 2.75) is 20.0 Å². The first-order valence-corrected chi connectivity index (χ1v) is 8.78. The van der Waals surface area contributed by atoms with Crippen molar-refractivity contribution in [1.82, 2.24) is 23.4 Å². The molecule has 0 saturated heterocycles. The van der Waals surface area contributed by atoms with Crippen LogP contribution in [0, 0.1) is 0 Å². The van der Waals surface area contributed by atoms with Gasteiger partial charge in [-0.05, 0) is 19.1 Å². The van der Waals surface area contributed by atoms with Gasteiger partial charge in [0.05, 0.1) is 36.8 Å². The third-order valence-corrected chi connectivity index (χ3v) is 4.30. The van der Waals surface area contributed by atoms with Crippen molar-refractivity contribution in [2.24, 2.45) is 0 Å². The fourth-order valence-electron chi connectivity index (χ4n) is 2.57. The molecule has 0 saturated carbocycles. The number of anilines is 1. The number of aryl methyl sites for hydroxylation is 1. The van der Waals surface area contributed by atoms with Crippen molar-refractivity contribution in [3.63, 3.8) is 0 Å². The number of hydrogen-bond acceptors (Lipinski definition) is 7. The number of fused-ring (bicyclic) bond motifs is 1. The molecule has 0 spiro atoms. The molecule has 2 heterocycles. The Morgan fingerprint density at radius 1 is 1.40 bits per heavy atom. The van der Waals surface area contributed by atoms with Gasteiger partial charge >= 0.3 is 0 Å². The van der Waals surface area contributed by atoms with Crippen molar-refractivity contribution in [1.29, 1.82) is 0 Å².